The first-order chi connectivity index (χ1) is 20.6. The van der Waals surface area contributed by atoms with Gasteiger partial charge in [-0.3, -0.25) is 0 Å². The molecule has 3 aromatic rings. The lowest BCUT2D eigenvalue weighted by Gasteiger charge is -2.25. The van der Waals surface area contributed by atoms with Crippen LogP contribution in [0.2, 0.25) is 0 Å². The van der Waals surface area contributed by atoms with Crippen LogP contribution in [0.25, 0.3) is 17.1 Å². The summed E-state index contributed by atoms with van der Waals surface area (Å²) >= 11 is 0. The number of aryl methyl sites for hydroxylation is 1. The fourth-order valence-electron chi connectivity index (χ4n) is 5.28. The first-order valence-electron chi connectivity index (χ1n) is 14.3. The van der Waals surface area contributed by atoms with Crippen LogP contribution in [-0.4, -0.2) is 65.6 Å². The second-order valence-corrected chi connectivity index (χ2v) is 11.3. The number of hydrogen-bond acceptors (Lipinski definition) is 9. The second kappa shape index (κ2) is 12.7. The molecule has 228 valence electrons. The molecule has 0 radical (unpaired) electrons. The lowest BCUT2D eigenvalue weighted by molar-refractivity contribution is -0.152. The number of nitrogens with zero attached hydrogens (tertiary/aromatic N) is 2. The van der Waals surface area contributed by atoms with Crippen molar-refractivity contribution in [1.29, 1.82) is 0 Å². The number of aromatic nitrogens is 2. The van der Waals surface area contributed by atoms with Crippen molar-refractivity contribution in [3.05, 3.63) is 77.6 Å². The van der Waals surface area contributed by atoms with Crippen LogP contribution in [-0.2, 0) is 30.7 Å². The third-order valence-electron chi connectivity index (χ3n) is 7.65. The topological polar surface area (TPSA) is 107 Å². The molecule has 2 aliphatic rings. The van der Waals surface area contributed by atoms with Crippen molar-refractivity contribution in [3.63, 3.8) is 0 Å². The van der Waals surface area contributed by atoms with Gasteiger partial charge in [0.1, 0.15) is 29.6 Å². The summed E-state index contributed by atoms with van der Waals surface area (Å²) < 4.78 is 37.5. The van der Waals surface area contributed by atoms with Crippen molar-refractivity contribution in [2.24, 2.45) is 13.0 Å². The van der Waals surface area contributed by atoms with Crippen LogP contribution in [0.1, 0.15) is 60.4 Å². The molecular formula is C33H38N2O8. The molecule has 0 amide bonds. The normalized spacial score (nSPS) is 26.9. The maximum atomic E-state index is 13.8. The Bertz CT molecular complexity index is 1530. The van der Waals surface area contributed by atoms with Gasteiger partial charge >= 0.3 is 11.9 Å². The molecule has 0 spiro atoms. The molecule has 1 aromatic heterocycles. The number of rotatable bonds is 5. The summed E-state index contributed by atoms with van der Waals surface area (Å²) in [5.41, 5.74) is 2.65. The van der Waals surface area contributed by atoms with E-state index < -0.39 is 42.1 Å². The minimum Gasteiger partial charge on any atom is -0.467 e. The van der Waals surface area contributed by atoms with E-state index in [1.54, 1.807) is 42.7 Å². The molecule has 2 aromatic carbocycles. The molecular weight excluding hydrogens is 552 g/mol. The van der Waals surface area contributed by atoms with E-state index in [9.17, 15) is 9.59 Å². The highest BCUT2D eigenvalue weighted by Crippen LogP contribution is 2.36. The van der Waals surface area contributed by atoms with E-state index in [4.69, 9.17) is 28.4 Å². The van der Waals surface area contributed by atoms with Gasteiger partial charge in [0.05, 0.1) is 29.0 Å². The lowest BCUT2D eigenvalue weighted by atomic mass is 9.98. The summed E-state index contributed by atoms with van der Waals surface area (Å²) in [6.07, 6.45) is 7.15. The SMILES string of the molecule is COCOc1cc2c(ncn2C)c2c1C(=O)O[C@@H](C)[C@H](C)/C=C\C(OC(=O)c1ccccc1)[C@H]1OC(C)(C)O[C@H]1C/C=C/2. The molecule has 10 nitrogen and oxygen atoms in total. The smallest absolute Gasteiger partial charge is 0.342 e. The van der Waals surface area contributed by atoms with Gasteiger partial charge in [-0.1, -0.05) is 43.4 Å². The Balaban J connectivity index is 1.58. The zero-order valence-electron chi connectivity index (χ0n) is 25.3. The van der Waals surface area contributed by atoms with Crippen molar-refractivity contribution >= 4 is 29.0 Å². The van der Waals surface area contributed by atoms with Crippen LogP contribution >= 0.6 is 0 Å². The Morgan fingerprint density at radius 3 is 2.65 bits per heavy atom. The van der Waals surface area contributed by atoms with Crippen LogP contribution in [0, 0.1) is 5.92 Å². The molecule has 1 fully saturated rings. The minimum absolute atomic E-state index is 0.0470. The monoisotopic (exact) mass is 590 g/mol. The van der Waals surface area contributed by atoms with Gasteiger partial charge in [-0.25, -0.2) is 14.6 Å². The van der Waals surface area contributed by atoms with Gasteiger partial charge in [0.25, 0.3) is 0 Å². The molecule has 5 rings (SSSR count). The molecule has 5 atom stereocenters. The fourth-order valence-corrected chi connectivity index (χ4v) is 5.28. The number of benzene rings is 2. The Kier molecular flexibility index (Phi) is 9.00. The summed E-state index contributed by atoms with van der Waals surface area (Å²) in [6, 6.07) is 10.6. The Hall–Kier alpha value is -3.99. The van der Waals surface area contributed by atoms with Crippen molar-refractivity contribution < 1.29 is 38.0 Å². The number of ether oxygens (including phenoxy) is 6. The third kappa shape index (κ3) is 6.66. The van der Waals surface area contributed by atoms with E-state index in [1.165, 1.54) is 7.11 Å². The molecule has 0 N–H and O–H groups in total. The van der Waals surface area contributed by atoms with Gasteiger partial charge in [0.15, 0.2) is 12.6 Å². The Morgan fingerprint density at radius 1 is 1.14 bits per heavy atom. The number of carbonyl (C=O) groups excluding carboxylic acids is 2. The quantitative estimate of drug-likeness (QED) is 0.218. The highest BCUT2D eigenvalue weighted by Gasteiger charge is 2.45. The van der Waals surface area contributed by atoms with Crippen molar-refractivity contribution in [2.45, 2.75) is 64.3 Å². The van der Waals surface area contributed by atoms with E-state index in [0.717, 1.165) is 5.52 Å². The van der Waals surface area contributed by atoms with E-state index >= 15 is 0 Å². The lowest BCUT2D eigenvalue weighted by Crippen LogP contribution is -2.37. The maximum absolute atomic E-state index is 13.8. The Morgan fingerprint density at radius 2 is 1.91 bits per heavy atom. The van der Waals surface area contributed by atoms with Crippen LogP contribution < -0.4 is 4.74 Å². The van der Waals surface area contributed by atoms with Crippen LogP contribution in [0.4, 0.5) is 0 Å². The largest absolute Gasteiger partial charge is 0.467 e. The molecule has 0 bridgehead atoms. The number of esters is 2. The zero-order chi connectivity index (χ0) is 30.7. The van der Waals surface area contributed by atoms with Gasteiger partial charge in [-0.2, -0.15) is 0 Å². The number of hydrogen-bond donors (Lipinski definition) is 0. The van der Waals surface area contributed by atoms with E-state index in [2.05, 4.69) is 4.98 Å². The summed E-state index contributed by atoms with van der Waals surface area (Å²) in [4.78, 5) is 31.5. The maximum Gasteiger partial charge on any atom is 0.342 e. The summed E-state index contributed by atoms with van der Waals surface area (Å²) in [7, 11) is 3.39. The van der Waals surface area contributed by atoms with E-state index in [0.29, 0.717) is 28.8 Å². The number of imidazole rings is 1. The molecule has 2 aliphatic heterocycles. The van der Waals surface area contributed by atoms with Gasteiger partial charge in [0, 0.05) is 31.7 Å². The average molecular weight is 591 g/mol. The van der Waals surface area contributed by atoms with Gasteiger partial charge in [-0.05, 0) is 45.4 Å². The second-order valence-electron chi connectivity index (χ2n) is 11.3. The number of cyclic esters (lactones) is 1. The average Bonchev–Trinajstić information content (AvgIpc) is 3.51. The van der Waals surface area contributed by atoms with E-state index in [1.807, 2.05) is 63.6 Å². The van der Waals surface area contributed by atoms with Crippen molar-refractivity contribution in [3.8, 4) is 5.75 Å². The molecule has 3 heterocycles. The minimum atomic E-state index is -0.909. The Labute approximate surface area is 251 Å². The van der Waals surface area contributed by atoms with Crippen LogP contribution in [0.3, 0.4) is 0 Å². The van der Waals surface area contributed by atoms with Crippen LogP contribution in [0.5, 0.6) is 5.75 Å². The predicted molar refractivity (Wildman–Crippen MR) is 160 cm³/mol. The first kappa shape index (κ1) is 30.5. The highest BCUT2D eigenvalue weighted by atomic mass is 16.8. The molecule has 43 heavy (non-hydrogen) atoms. The van der Waals surface area contributed by atoms with E-state index in [-0.39, 0.29) is 18.3 Å². The fraction of sp³-hybridized carbons (Fsp3) is 0.424. The zero-order valence-corrected chi connectivity index (χ0v) is 25.3. The number of methoxy groups -OCH3 is 1. The van der Waals surface area contributed by atoms with Gasteiger partial charge in [0.2, 0.25) is 0 Å². The van der Waals surface area contributed by atoms with Gasteiger partial charge in [-0.15, -0.1) is 0 Å². The van der Waals surface area contributed by atoms with Crippen molar-refractivity contribution in [1.82, 2.24) is 9.55 Å². The standard InChI is InChI=1S/C33H38N2O8/c1-20-15-16-25(41-31(36)22-11-8-7-9-12-22)30-26(42-33(3,4)43-30)14-10-13-23-28(32(37)40-21(20)2)27(39-19-38-6)17-24-29(23)34-18-35(24)5/h7-13,15-18,20-21,25-26,30H,14,19H2,1-6H3/b13-10+,16-15-/t20-,21+,25?,26+,30-/m1/s1. The highest BCUT2D eigenvalue weighted by molar-refractivity contribution is 6.04. The molecule has 0 aliphatic carbocycles. The summed E-state index contributed by atoms with van der Waals surface area (Å²) in [5, 5.41) is 0. The predicted octanol–water partition coefficient (Wildman–Crippen LogP) is 5.46. The summed E-state index contributed by atoms with van der Waals surface area (Å²) in [6.45, 7) is 7.36. The molecule has 0 saturated carbocycles. The first-order valence-corrected chi connectivity index (χ1v) is 14.3. The van der Waals surface area contributed by atoms with Crippen molar-refractivity contribution in [2.75, 3.05) is 13.9 Å². The molecule has 1 saturated heterocycles. The van der Waals surface area contributed by atoms with Crippen LogP contribution in [0.15, 0.2) is 61.0 Å². The molecule has 1 unspecified atom stereocenters. The summed E-state index contributed by atoms with van der Waals surface area (Å²) in [5.74, 6) is -1.83. The number of fused-ring (bicyclic) bond motifs is 4. The number of carbonyl (C=O) groups is 2. The third-order valence-corrected chi connectivity index (χ3v) is 7.65. The molecule has 10 heteroatoms. The van der Waals surface area contributed by atoms with Gasteiger partial charge < -0.3 is 33.0 Å².